The smallest absolute Gasteiger partial charge is 0.120 e. The molecular weight excluding hydrogens is 340 g/mol. The molecule has 22 heavy (non-hydrogen) atoms. The van der Waals surface area contributed by atoms with E-state index in [4.69, 9.17) is 5.73 Å². The van der Waals surface area contributed by atoms with E-state index >= 15 is 0 Å². The summed E-state index contributed by atoms with van der Waals surface area (Å²) in [6.07, 6.45) is 5.65. The van der Waals surface area contributed by atoms with Gasteiger partial charge in [0.2, 0.25) is 0 Å². The van der Waals surface area contributed by atoms with Gasteiger partial charge in [-0.3, -0.25) is 4.90 Å². The summed E-state index contributed by atoms with van der Waals surface area (Å²) >= 11 is 3.46. The molecule has 2 unspecified atom stereocenters. The number of H-pyrrole nitrogens is 1. The van der Waals surface area contributed by atoms with Gasteiger partial charge >= 0.3 is 0 Å². The number of rotatable bonds is 4. The minimum atomic E-state index is 0.209. The van der Waals surface area contributed by atoms with Crippen LogP contribution in [-0.2, 0) is 6.54 Å². The predicted molar refractivity (Wildman–Crippen MR) is 93.4 cm³/mol. The first-order valence-electron chi connectivity index (χ1n) is 7.93. The van der Waals surface area contributed by atoms with Crippen molar-refractivity contribution >= 4 is 15.9 Å². The van der Waals surface area contributed by atoms with Gasteiger partial charge in [-0.25, -0.2) is 4.98 Å². The molecule has 0 radical (unpaired) electrons. The van der Waals surface area contributed by atoms with Crippen molar-refractivity contribution < 1.29 is 0 Å². The molecule has 1 saturated heterocycles. The average molecular weight is 363 g/mol. The van der Waals surface area contributed by atoms with Gasteiger partial charge in [0.25, 0.3) is 0 Å². The van der Waals surface area contributed by atoms with E-state index < -0.39 is 0 Å². The Hall–Kier alpha value is -1.17. The Balaban J connectivity index is 1.72. The second-order valence-corrected chi connectivity index (χ2v) is 7.06. The number of nitrogens with zero attached hydrogens (tertiary/aromatic N) is 2. The molecule has 1 aliphatic rings. The first-order chi connectivity index (χ1) is 10.6. The molecule has 2 atom stereocenters. The monoisotopic (exact) mass is 362 g/mol. The van der Waals surface area contributed by atoms with E-state index in [1.54, 1.807) is 0 Å². The van der Waals surface area contributed by atoms with Crippen LogP contribution in [0.4, 0.5) is 0 Å². The number of aromatic amines is 1. The normalized spacial score (nSPS) is 21.0. The van der Waals surface area contributed by atoms with Crippen LogP contribution in [-0.4, -0.2) is 33.5 Å². The Kier molecular flexibility index (Phi) is 4.96. The Morgan fingerprint density at radius 3 is 2.86 bits per heavy atom. The molecule has 1 aromatic heterocycles. The number of nitrogens with two attached hydrogens (primary N) is 1. The van der Waals surface area contributed by atoms with Crippen molar-refractivity contribution in [3.05, 3.63) is 40.8 Å². The minimum absolute atomic E-state index is 0.209. The molecular formula is C17H23BrN4. The van der Waals surface area contributed by atoms with Gasteiger partial charge in [-0.05, 0) is 44.0 Å². The molecule has 5 heteroatoms. The van der Waals surface area contributed by atoms with Gasteiger partial charge in [0.05, 0.1) is 18.4 Å². The summed E-state index contributed by atoms with van der Waals surface area (Å²) in [5, 5.41) is 0. The maximum atomic E-state index is 6.14. The largest absolute Gasteiger partial charge is 0.341 e. The van der Waals surface area contributed by atoms with Crippen LogP contribution in [0, 0.1) is 0 Å². The second-order valence-electron chi connectivity index (χ2n) is 6.14. The quantitative estimate of drug-likeness (QED) is 0.874. The van der Waals surface area contributed by atoms with Crippen molar-refractivity contribution in [2.45, 2.75) is 44.8 Å². The SMILES string of the molecule is CC(N)C1CCCCN1Cc1ncc(-c2ccc(Br)cc2)[nH]1. The molecule has 0 amide bonds. The van der Waals surface area contributed by atoms with Crippen LogP contribution in [0.2, 0.25) is 0 Å². The molecule has 118 valence electrons. The molecule has 2 heterocycles. The highest BCUT2D eigenvalue weighted by molar-refractivity contribution is 9.10. The lowest BCUT2D eigenvalue weighted by Crippen LogP contribution is -2.48. The highest BCUT2D eigenvalue weighted by Gasteiger charge is 2.25. The van der Waals surface area contributed by atoms with Crippen LogP contribution in [0.3, 0.4) is 0 Å². The molecule has 0 spiro atoms. The third-order valence-electron chi connectivity index (χ3n) is 4.41. The molecule has 3 N–H and O–H groups in total. The zero-order chi connectivity index (χ0) is 15.5. The lowest BCUT2D eigenvalue weighted by Gasteiger charge is -2.37. The summed E-state index contributed by atoms with van der Waals surface area (Å²) in [6.45, 7) is 4.07. The second kappa shape index (κ2) is 6.94. The van der Waals surface area contributed by atoms with Crippen molar-refractivity contribution in [1.82, 2.24) is 14.9 Å². The first-order valence-corrected chi connectivity index (χ1v) is 8.72. The Morgan fingerprint density at radius 1 is 1.36 bits per heavy atom. The van der Waals surface area contributed by atoms with Crippen LogP contribution < -0.4 is 5.73 Å². The van der Waals surface area contributed by atoms with Crippen molar-refractivity contribution in [3.8, 4) is 11.3 Å². The van der Waals surface area contributed by atoms with Crippen molar-refractivity contribution in [3.63, 3.8) is 0 Å². The fourth-order valence-electron chi connectivity index (χ4n) is 3.22. The van der Waals surface area contributed by atoms with Gasteiger partial charge in [-0.15, -0.1) is 0 Å². The molecule has 4 nitrogen and oxygen atoms in total. The van der Waals surface area contributed by atoms with Gasteiger partial charge in [-0.2, -0.15) is 0 Å². The van der Waals surface area contributed by atoms with Gasteiger partial charge in [0, 0.05) is 16.6 Å². The van der Waals surface area contributed by atoms with Crippen LogP contribution >= 0.6 is 15.9 Å². The number of hydrogen-bond donors (Lipinski definition) is 2. The lowest BCUT2D eigenvalue weighted by atomic mass is 9.97. The van der Waals surface area contributed by atoms with Crippen LogP contribution in [0.25, 0.3) is 11.3 Å². The molecule has 0 aliphatic carbocycles. The molecule has 2 aromatic rings. The van der Waals surface area contributed by atoms with Crippen LogP contribution in [0.5, 0.6) is 0 Å². The van der Waals surface area contributed by atoms with Gasteiger partial charge in [0.15, 0.2) is 0 Å². The number of hydrogen-bond acceptors (Lipinski definition) is 3. The average Bonchev–Trinajstić information content (AvgIpc) is 2.97. The highest BCUT2D eigenvalue weighted by atomic mass is 79.9. The molecule has 3 rings (SSSR count). The summed E-state index contributed by atoms with van der Waals surface area (Å²) in [5.41, 5.74) is 8.37. The molecule has 1 fully saturated rings. The molecule has 1 aromatic carbocycles. The van der Waals surface area contributed by atoms with E-state index in [-0.39, 0.29) is 6.04 Å². The van der Waals surface area contributed by atoms with Gasteiger partial charge < -0.3 is 10.7 Å². The number of aromatic nitrogens is 2. The Bertz CT molecular complexity index is 605. The predicted octanol–water partition coefficient (Wildman–Crippen LogP) is 3.54. The van der Waals surface area contributed by atoms with E-state index in [1.807, 2.05) is 18.3 Å². The maximum Gasteiger partial charge on any atom is 0.120 e. The Morgan fingerprint density at radius 2 is 2.14 bits per heavy atom. The van der Waals surface area contributed by atoms with Crippen molar-refractivity contribution in [1.29, 1.82) is 0 Å². The summed E-state index contributed by atoms with van der Waals surface area (Å²) < 4.78 is 1.09. The van der Waals surface area contributed by atoms with Crippen molar-refractivity contribution in [2.24, 2.45) is 5.73 Å². The van der Waals surface area contributed by atoms with E-state index in [0.717, 1.165) is 34.6 Å². The zero-order valence-corrected chi connectivity index (χ0v) is 14.5. The molecule has 1 aliphatic heterocycles. The number of nitrogens with one attached hydrogen (secondary N) is 1. The summed E-state index contributed by atoms with van der Waals surface area (Å²) in [6, 6.07) is 8.95. The lowest BCUT2D eigenvalue weighted by molar-refractivity contribution is 0.120. The fraction of sp³-hybridized carbons (Fsp3) is 0.471. The first kappa shape index (κ1) is 15.7. The van der Waals surface area contributed by atoms with E-state index in [2.05, 4.69) is 49.9 Å². The van der Waals surface area contributed by atoms with E-state index in [0.29, 0.717) is 6.04 Å². The Labute approximate surface area is 140 Å². The number of piperidine rings is 1. The molecule has 0 saturated carbocycles. The van der Waals surface area contributed by atoms with E-state index in [1.165, 1.54) is 19.3 Å². The van der Waals surface area contributed by atoms with Gasteiger partial charge in [-0.1, -0.05) is 34.5 Å². The number of halogens is 1. The molecule has 0 bridgehead atoms. The van der Waals surface area contributed by atoms with Gasteiger partial charge in [0.1, 0.15) is 5.82 Å². The summed E-state index contributed by atoms with van der Waals surface area (Å²) in [7, 11) is 0. The van der Waals surface area contributed by atoms with Crippen molar-refractivity contribution in [2.75, 3.05) is 6.54 Å². The standard InChI is InChI=1S/C17H23BrN4/c1-12(19)16-4-2-3-9-22(16)11-17-20-10-15(21-17)13-5-7-14(18)8-6-13/h5-8,10,12,16H,2-4,9,11,19H2,1H3,(H,20,21). The van der Waals surface area contributed by atoms with Crippen LogP contribution in [0.1, 0.15) is 32.0 Å². The summed E-state index contributed by atoms with van der Waals surface area (Å²) in [5.74, 6) is 1.02. The fourth-order valence-corrected chi connectivity index (χ4v) is 3.48. The van der Waals surface area contributed by atoms with Crippen LogP contribution in [0.15, 0.2) is 34.9 Å². The number of likely N-dealkylation sites (tertiary alicyclic amines) is 1. The highest BCUT2D eigenvalue weighted by Crippen LogP contribution is 2.23. The summed E-state index contributed by atoms with van der Waals surface area (Å²) in [4.78, 5) is 10.5. The topological polar surface area (TPSA) is 57.9 Å². The third kappa shape index (κ3) is 3.59. The minimum Gasteiger partial charge on any atom is -0.341 e. The number of imidazole rings is 1. The maximum absolute atomic E-state index is 6.14. The van der Waals surface area contributed by atoms with E-state index in [9.17, 15) is 0 Å². The zero-order valence-electron chi connectivity index (χ0n) is 12.9. The third-order valence-corrected chi connectivity index (χ3v) is 4.94. The number of benzene rings is 1.